The van der Waals surface area contributed by atoms with Crippen molar-refractivity contribution in [3.63, 3.8) is 0 Å². The molecule has 1 amide bonds. The number of nitrogens with two attached hydrogens (primary N) is 1. The highest BCUT2D eigenvalue weighted by molar-refractivity contribution is 7.18. The normalized spacial score (nSPS) is 28.2. The summed E-state index contributed by atoms with van der Waals surface area (Å²) >= 11 is 1.20. The van der Waals surface area contributed by atoms with Crippen LogP contribution in [0.15, 0.2) is 59.5 Å². The minimum Gasteiger partial charge on any atom is -0.508 e. The molecular weight excluding hydrogens is 593 g/mol. The van der Waals surface area contributed by atoms with Crippen molar-refractivity contribution < 1.29 is 44.3 Å². The van der Waals surface area contributed by atoms with Crippen LogP contribution in [0, 0.1) is 17.7 Å². The quantitative estimate of drug-likeness (QED) is 0.236. The molecule has 228 valence electrons. The number of phenols is 1. The maximum Gasteiger partial charge on any atom is 0.255 e. The minimum atomic E-state index is -2.99. The van der Waals surface area contributed by atoms with E-state index >= 15 is 0 Å². The number of aliphatic hydroxyl groups is 4. The van der Waals surface area contributed by atoms with Gasteiger partial charge in [-0.25, -0.2) is 9.37 Å². The summed E-state index contributed by atoms with van der Waals surface area (Å²) in [5, 5.41) is 58.0. The number of ketones is 2. The van der Waals surface area contributed by atoms with Crippen molar-refractivity contribution in [3.05, 3.63) is 76.4 Å². The zero-order valence-corrected chi connectivity index (χ0v) is 24.5. The molecule has 6 atom stereocenters. The second-order valence-corrected chi connectivity index (χ2v) is 12.5. The van der Waals surface area contributed by atoms with Gasteiger partial charge in [0.1, 0.15) is 33.7 Å². The first-order valence-corrected chi connectivity index (χ1v) is 14.4. The Balaban J connectivity index is 1.52. The Morgan fingerprint density at radius 3 is 2.36 bits per heavy atom. The smallest absolute Gasteiger partial charge is 0.255 e. The number of thiazole rings is 1. The molecule has 44 heavy (non-hydrogen) atoms. The van der Waals surface area contributed by atoms with Gasteiger partial charge in [0.05, 0.1) is 34.1 Å². The lowest BCUT2D eigenvalue weighted by Crippen LogP contribution is -2.70. The molecule has 2 aromatic carbocycles. The molecule has 0 bridgehead atoms. The molecule has 3 aliphatic carbocycles. The standard InChI is InChI=1S/C31H28FN3O8S/c1-11-14-8-9-15(30-34-10-16(44-30)12-4-6-13(32)7-5-12)23(36)18(14)24(37)19-17(11)25(38)21-22(35(2)3)26(39)20(29(33)42)28(41)31(21,43)27(19)40/h4-11,17,21-22,25,36-38,41,43H,1-3H3,(H2,33,42)/t11-,17+,21+,22-,25-,31-/m1/s1. The molecule has 0 spiro atoms. The molecule has 0 aliphatic heterocycles. The predicted octanol–water partition coefficient (Wildman–Crippen LogP) is 2.43. The fourth-order valence-electron chi connectivity index (χ4n) is 6.94. The van der Waals surface area contributed by atoms with Crippen LogP contribution in [-0.2, 0) is 14.4 Å². The summed E-state index contributed by atoms with van der Waals surface area (Å²) in [6, 6.07) is 7.57. The van der Waals surface area contributed by atoms with Crippen molar-refractivity contribution in [1.82, 2.24) is 9.88 Å². The third-order valence-electron chi connectivity index (χ3n) is 8.99. The Kier molecular flexibility index (Phi) is 6.77. The number of halogens is 1. The number of aromatic nitrogens is 1. The third kappa shape index (κ3) is 3.90. The highest BCUT2D eigenvalue weighted by Gasteiger charge is 2.68. The van der Waals surface area contributed by atoms with E-state index in [0.29, 0.717) is 21.0 Å². The molecule has 3 aliphatic rings. The van der Waals surface area contributed by atoms with Gasteiger partial charge in [-0.2, -0.15) is 0 Å². The lowest BCUT2D eigenvalue weighted by atomic mass is 9.54. The van der Waals surface area contributed by atoms with Crippen LogP contribution in [0.2, 0.25) is 0 Å². The second-order valence-electron chi connectivity index (χ2n) is 11.5. The van der Waals surface area contributed by atoms with Crippen molar-refractivity contribution in [2.24, 2.45) is 17.6 Å². The van der Waals surface area contributed by atoms with Crippen LogP contribution < -0.4 is 5.73 Å². The molecule has 1 fully saturated rings. The number of fused-ring (bicyclic) bond motifs is 3. The number of phenolic OH excluding ortho intramolecular Hbond substituents is 1. The summed E-state index contributed by atoms with van der Waals surface area (Å²) < 4.78 is 13.4. The number of primary amides is 1. The average Bonchev–Trinajstić information content (AvgIpc) is 3.45. The van der Waals surface area contributed by atoms with E-state index < -0.39 is 87.2 Å². The van der Waals surface area contributed by atoms with Gasteiger partial charge in [-0.05, 0) is 49.3 Å². The van der Waals surface area contributed by atoms with Gasteiger partial charge in [0.2, 0.25) is 5.78 Å². The SMILES string of the molecule is C[C@@H]1c2ccc(-c3ncc(-c4ccc(F)cc4)s3)c(O)c2C(O)=C2C(=O)[C@@]3(O)C(O)=C(C(N)=O)C(=O)[C@H](N(C)C)[C@H]3[C@H](O)[C@H]21. The zero-order valence-electron chi connectivity index (χ0n) is 23.6. The van der Waals surface area contributed by atoms with Crippen molar-refractivity contribution in [2.45, 2.75) is 30.6 Å². The number of nitrogens with zero attached hydrogens (tertiary/aromatic N) is 2. The number of hydrogen-bond acceptors (Lipinski definition) is 11. The van der Waals surface area contributed by atoms with Gasteiger partial charge in [-0.1, -0.05) is 25.1 Å². The van der Waals surface area contributed by atoms with Gasteiger partial charge >= 0.3 is 0 Å². The van der Waals surface area contributed by atoms with Crippen LogP contribution in [0.1, 0.15) is 24.0 Å². The number of aliphatic hydroxyl groups excluding tert-OH is 3. The molecule has 6 rings (SSSR count). The lowest BCUT2D eigenvalue weighted by Gasteiger charge is -2.53. The molecule has 7 N–H and O–H groups in total. The highest BCUT2D eigenvalue weighted by atomic mass is 32.1. The molecule has 13 heteroatoms. The maximum atomic E-state index is 14.2. The lowest BCUT2D eigenvalue weighted by molar-refractivity contribution is -0.169. The van der Waals surface area contributed by atoms with Crippen LogP contribution in [0.5, 0.6) is 5.75 Å². The average molecular weight is 622 g/mol. The Hall–Kier alpha value is -4.43. The second kappa shape index (κ2) is 10.1. The summed E-state index contributed by atoms with van der Waals surface area (Å²) in [5.41, 5.74) is 2.08. The van der Waals surface area contributed by atoms with E-state index in [2.05, 4.69) is 4.98 Å². The summed E-state index contributed by atoms with van der Waals surface area (Å²) in [6.07, 6.45) is -0.124. The van der Waals surface area contributed by atoms with E-state index in [4.69, 9.17) is 5.73 Å². The van der Waals surface area contributed by atoms with Gasteiger partial charge in [0, 0.05) is 17.7 Å². The number of rotatable bonds is 4. The summed E-state index contributed by atoms with van der Waals surface area (Å²) in [5.74, 6) is -9.94. The number of benzene rings is 2. The number of aromatic hydroxyl groups is 1. The fourth-order valence-corrected chi connectivity index (χ4v) is 7.88. The van der Waals surface area contributed by atoms with Gasteiger partial charge < -0.3 is 31.3 Å². The van der Waals surface area contributed by atoms with Crippen molar-refractivity contribution >= 4 is 34.6 Å². The number of Topliss-reactive ketones (excluding diaryl/α,β-unsaturated/α-hetero) is 2. The first-order valence-electron chi connectivity index (χ1n) is 13.6. The zero-order chi connectivity index (χ0) is 32.0. The van der Waals surface area contributed by atoms with Gasteiger partial charge in [0.25, 0.3) is 5.91 Å². The Morgan fingerprint density at radius 2 is 1.75 bits per heavy atom. The van der Waals surface area contributed by atoms with Crippen LogP contribution in [0.3, 0.4) is 0 Å². The summed E-state index contributed by atoms with van der Waals surface area (Å²) in [7, 11) is 2.90. The van der Waals surface area contributed by atoms with Gasteiger partial charge in [-0.15, -0.1) is 11.3 Å². The van der Waals surface area contributed by atoms with Crippen LogP contribution in [-0.4, -0.2) is 84.7 Å². The van der Waals surface area contributed by atoms with E-state index in [-0.39, 0.29) is 11.1 Å². The van der Waals surface area contributed by atoms with E-state index in [1.807, 2.05) is 0 Å². The Morgan fingerprint density at radius 1 is 1.09 bits per heavy atom. The third-order valence-corrected chi connectivity index (χ3v) is 10.1. The van der Waals surface area contributed by atoms with Gasteiger partial charge in [-0.3, -0.25) is 19.3 Å². The van der Waals surface area contributed by atoms with E-state index in [1.54, 1.807) is 37.4 Å². The number of hydrogen-bond donors (Lipinski definition) is 6. The first kappa shape index (κ1) is 29.6. The highest BCUT2D eigenvalue weighted by Crippen LogP contribution is 2.57. The molecule has 0 saturated heterocycles. The topological polar surface area (TPSA) is 195 Å². The van der Waals surface area contributed by atoms with Gasteiger partial charge in [0.15, 0.2) is 11.4 Å². The number of likely N-dealkylation sites (N-methyl/N-ethyl adjacent to an activating group) is 1. The predicted molar refractivity (Wildman–Crippen MR) is 157 cm³/mol. The first-order chi connectivity index (χ1) is 20.7. The van der Waals surface area contributed by atoms with Crippen LogP contribution in [0.25, 0.3) is 26.8 Å². The van der Waals surface area contributed by atoms with Crippen molar-refractivity contribution in [2.75, 3.05) is 14.1 Å². The Bertz CT molecular complexity index is 1830. The fraction of sp³-hybridized carbons (Fsp3) is 0.290. The summed E-state index contributed by atoms with van der Waals surface area (Å²) in [4.78, 5) is 46.0. The molecule has 1 aromatic heterocycles. The van der Waals surface area contributed by atoms with E-state index in [9.17, 15) is 44.3 Å². The maximum absolute atomic E-state index is 14.2. The molecule has 1 saturated carbocycles. The largest absolute Gasteiger partial charge is 0.508 e. The molecule has 0 unspecified atom stereocenters. The molecule has 0 radical (unpaired) electrons. The number of carbonyl (C=O) groups is 3. The number of amides is 1. The monoisotopic (exact) mass is 621 g/mol. The van der Waals surface area contributed by atoms with E-state index in [0.717, 1.165) is 0 Å². The van der Waals surface area contributed by atoms with Crippen molar-refractivity contribution in [3.8, 4) is 26.8 Å². The molecule has 3 aromatic rings. The minimum absolute atomic E-state index is 0.128. The summed E-state index contributed by atoms with van der Waals surface area (Å²) in [6.45, 7) is 1.66. The van der Waals surface area contributed by atoms with Crippen molar-refractivity contribution in [1.29, 1.82) is 0 Å². The van der Waals surface area contributed by atoms with Crippen LogP contribution >= 0.6 is 11.3 Å². The van der Waals surface area contributed by atoms with E-state index in [1.165, 1.54) is 42.5 Å². The number of carbonyl (C=O) groups excluding carboxylic acids is 3. The molecule has 1 heterocycles. The molecule has 11 nitrogen and oxygen atoms in total. The molecular formula is C31H28FN3O8S. The van der Waals surface area contributed by atoms with Crippen LogP contribution in [0.4, 0.5) is 4.39 Å². The Labute approximate surface area is 254 Å².